The van der Waals surface area contributed by atoms with E-state index in [1.807, 2.05) is 36.4 Å². The number of hydrogen-bond acceptors (Lipinski definition) is 6. The summed E-state index contributed by atoms with van der Waals surface area (Å²) in [5, 5.41) is 4.67. The van der Waals surface area contributed by atoms with Gasteiger partial charge in [-0.05, 0) is 188 Å². The number of fused-ring (bicyclic) bond motifs is 9. The highest BCUT2D eigenvalue weighted by Crippen LogP contribution is 2.53. The fourth-order valence-corrected chi connectivity index (χ4v) is 17.6. The Morgan fingerprint density at radius 2 is 0.529 bits per heavy atom. The minimum absolute atomic E-state index is 0.199. The van der Waals surface area contributed by atoms with Gasteiger partial charge in [0.15, 0.2) is 5.82 Å². The van der Waals surface area contributed by atoms with Crippen molar-refractivity contribution in [2.75, 3.05) is 9.80 Å². The third-order valence-corrected chi connectivity index (χ3v) is 23.6. The maximum absolute atomic E-state index is 5.23. The summed E-state index contributed by atoms with van der Waals surface area (Å²) in [7, 11) is 0. The molecule has 0 aliphatic heterocycles. The van der Waals surface area contributed by atoms with Gasteiger partial charge < -0.3 is 9.80 Å². The van der Waals surface area contributed by atoms with E-state index in [1.54, 1.807) is 0 Å². The highest BCUT2D eigenvalue weighted by atomic mass is 15.2. The third kappa shape index (κ3) is 13.8. The molecule has 1 aliphatic carbocycles. The average Bonchev–Trinajstić information content (AvgIpc) is 1.55. The predicted molar refractivity (Wildman–Crippen MR) is 503 cm³/mol. The minimum Gasteiger partial charge on any atom is -0.310 e. The summed E-state index contributed by atoms with van der Waals surface area (Å²) < 4.78 is 4.51. The molecule has 0 atom stereocenters. The molecule has 21 aromatic rings. The van der Waals surface area contributed by atoms with Crippen molar-refractivity contribution < 1.29 is 0 Å². The second-order valence-corrected chi connectivity index (χ2v) is 31.3. The molecule has 121 heavy (non-hydrogen) atoms. The summed E-state index contributed by atoms with van der Waals surface area (Å²) in [6.45, 7) is 4.74. The zero-order valence-corrected chi connectivity index (χ0v) is 66.8. The minimum atomic E-state index is -0.199. The molecule has 0 radical (unpaired) electrons. The summed E-state index contributed by atoms with van der Waals surface area (Å²) in [5.41, 5.74) is 32.3. The molecule has 0 saturated carbocycles. The zero-order chi connectivity index (χ0) is 80.7. The van der Waals surface area contributed by atoms with Crippen molar-refractivity contribution >= 4 is 77.7 Å². The lowest BCUT2D eigenvalue weighted by Gasteiger charge is -2.28. The number of aromatic nitrogens is 6. The molecule has 0 spiro atoms. The molecule has 0 fully saturated rings. The first kappa shape index (κ1) is 72.8. The van der Waals surface area contributed by atoms with Gasteiger partial charge in [0.2, 0.25) is 5.95 Å². The molecule has 4 heterocycles. The summed E-state index contributed by atoms with van der Waals surface area (Å²) in [5.74, 6) is 2.18. The predicted octanol–water partition coefficient (Wildman–Crippen LogP) is 29.7. The summed E-state index contributed by atoms with van der Waals surface area (Å²) in [6.07, 6.45) is 0. The van der Waals surface area contributed by atoms with Gasteiger partial charge in [-0.15, -0.1) is 0 Å². The fourth-order valence-electron chi connectivity index (χ4n) is 17.6. The van der Waals surface area contributed by atoms with Crippen molar-refractivity contribution in [2.24, 2.45) is 0 Å². The Balaban J connectivity index is 0.000000150. The van der Waals surface area contributed by atoms with Crippen LogP contribution in [0, 0.1) is 0 Å². The van der Waals surface area contributed by atoms with Gasteiger partial charge in [-0.25, -0.2) is 19.9 Å². The Hall–Kier alpha value is -15.9. The van der Waals surface area contributed by atoms with E-state index in [4.69, 9.17) is 19.9 Å². The van der Waals surface area contributed by atoms with Crippen LogP contribution >= 0.6 is 0 Å². The van der Waals surface area contributed by atoms with Crippen molar-refractivity contribution in [1.82, 2.24) is 29.1 Å². The van der Waals surface area contributed by atoms with Crippen LogP contribution in [0.25, 0.3) is 156 Å². The Bertz CT molecular complexity index is 7130. The van der Waals surface area contributed by atoms with Crippen molar-refractivity contribution in [1.29, 1.82) is 0 Å². The number of anilines is 6. The molecule has 4 aromatic heterocycles. The normalized spacial score (nSPS) is 12.0. The zero-order valence-electron chi connectivity index (χ0n) is 66.8. The average molecular weight is 1550 g/mol. The van der Waals surface area contributed by atoms with Gasteiger partial charge in [-0.1, -0.05) is 335 Å². The first-order chi connectivity index (χ1) is 59.7. The number of nitrogens with zero attached hydrogens (tertiary/aromatic N) is 8. The van der Waals surface area contributed by atoms with Crippen LogP contribution in [0.4, 0.5) is 34.1 Å². The number of hydrogen-bond donors (Lipinski definition) is 0. The largest absolute Gasteiger partial charge is 0.310 e. The van der Waals surface area contributed by atoms with Gasteiger partial charge >= 0.3 is 0 Å². The first-order valence-corrected chi connectivity index (χ1v) is 41.2. The van der Waals surface area contributed by atoms with Gasteiger partial charge in [0.05, 0.1) is 39.1 Å². The maximum atomic E-state index is 5.23. The molecule has 1 aliphatic rings. The smallest absolute Gasteiger partial charge is 0.235 e. The van der Waals surface area contributed by atoms with E-state index >= 15 is 0 Å². The van der Waals surface area contributed by atoms with Crippen LogP contribution in [0.15, 0.2) is 449 Å². The molecule has 17 aromatic carbocycles. The Morgan fingerprint density at radius 3 is 1.02 bits per heavy atom. The maximum Gasteiger partial charge on any atom is 0.235 e. The molecule has 0 bridgehead atoms. The van der Waals surface area contributed by atoms with E-state index in [1.165, 1.54) is 66.4 Å². The lowest BCUT2D eigenvalue weighted by atomic mass is 9.81. The molecular weight excluding hydrogens is 1470 g/mol. The number of para-hydroxylation sites is 4. The van der Waals surface area contributed by atoms with Gasteiger partial charge in [0.25, 0.3) is 0 Å². The second kappa shape index (κ2) is 31.3. The first-order valence-electron chi connectivity index (χ1n) is 41.2. The monoisotopic (exact) mass is 1550 g/mol. The Morgan fingerprint density at radius 1 is 0.207 bits per heavy atom. The molecule has 0 amide bonds. The molecule has 572 valence electrons. The molecule has 22 rings (SSSR count). The molecule has 8 heteroatoms. The van der Waals surface area contributed by atoms with E-state index in [2.05, 4.69) is 445 Å². The Kier molecular flexibility index (Phi) is 18.8. The lowest BCUT2D eigenvalue weighted by Crippen LogP contribution is -2.16. The third-order valence-electron chi connectivity index (χ3n) is 23.6. The quantitative estimate of drug-likeness (QED) is 0.0960. The van der Waals surface area contributed by atoms with Crippen LogP contribution in [0.3, 0.4) is 0 Å². The van der Waals surface area contributed by atoms with E-state index in [-0.39, 0.29) is 5.41 Å². The summed E-state index contributed by atoms with van der Waals surface area (Å²) in [6, 6.07) is 159. The SMILES string of the molecule is CC1(C)c2cc(-c3ccc4c(c3)c3ccccc3n4-c3cc(-c4ccccc4)nc(-c4ccccc4)n3)ccc2-c2ccc(N(c3ccccc3)c3ccccc3)cc21.c1ccc(-c2ccc(N(c3ccc(-c4ccccc4)cc3)c3cccc(-c4ccc5c(c4)c4ccccc4n5-c4nc(-c5ccccc5)cc(-c5ccccc5)n4)c3)cc2)cc1. The fraction of sp³-hybridized carbons (Fsp3) is 0.0265. The van der Waals surface area contributed by atoms with Crippen molar-refractivity contribution in [3.63, 3.8) is 0 Å². The van der Waals surface area contributed by atoms with Gasteiger partial charge in [-0.2, -0.15) is 0 Å². The van der Waals surface area contributed by atoms with Crippen LogP contribution < -0.4 is 9.80 Å². The van der Waals surface area contributed by atoms with Gasteiger partial charge in [0.1, 0.15) is 5.82 Å². The van der Waals surface area contributed by atoms with Crippen molar-refractivity contribution in [3.05, 3.63) is 460 Å². The van der Waals surface area contributed by atoms with Crippen LogP contribution in [-0.2, 0) is 5.41 Å². The van der Waals surface area contributed by atoms with Crippen LogP contribution in [-0.4, -0.2) is 29.1 Å². The van der Waals surface area contributed by atoms with Crippen molar-refractivity contribution in [2.45, 2.75) is 19.3 Å². The van der Waals surface area contributed by atoms with Crippen LogP contribution in [0.5, 0.6) is 0 Å². The van der Waals surface area contributed by atoms with E-state index < -0.39 is 0 Å². The second-order valence-electron chi connectivity index (χ2n) is 31.3. The molecular formula is C113H80N8. The van der Waals surface area contributed by atoms with Crippen LogP contribution in [0.2, 0.25) is 0 Å². The molecule has 0 N–H and O–H groups in total. The van der Waals surface area contributed by atoms with E-state index in [0.29, 0.717) is 11.8 Å². The molecule has 8 nitrogen and oxygen atoms in total. The van der Waals surface area contributed by atoms with Gasteiger partial charge in [-0.3, -0.25) is 9.13 Å². The number of rotatable bonds is 16. The number of benzene rings is 17. The van der Waals surface area contributed by atoms with E-state index in [9.17, 15) is 0 Å². The van der Waals surface area contributed by atoms with Crippen LogP contribution in [0.1, 0.15) is 25.0 Å². The topological polar surface area (TPSA) is 67.9 Å². The lowest BCUT2D eigenvalue weighted by molar-refractivity contribution is 0.660. The molecule has 0 saturated heterocycles. The van der Waals surface area contributed by atoms with Crippen molar-refractivity contribution in [3.8, 4) is 113 Å². The molecule has 0 unspecified atom stereocenters. The summed E-state index contributed by atoms with van der Waals surface area (Å²) >= 11 is 0. The van der Waals surface area contributed by atoms with E-state index in [0.717, 1.165) is 123 Å². The highest BCUT2D eigenvalue weighted by molar-refractivity contribution is 6.12. The Labute approximate surface area is 703 Å². The summed E-state index contributed by atoms with van der Waals surface area (Å²) in [4.78, 5) is 25.5. The highest BCUT2D eigenvalue weighted by Gasteiger charge is 2.37. The van der Waals surface area contributed by atoms with Gasteiger partial charge in [0, 0.05) is 89.4 Å². The standard InChI is InChI=1S/C58H40N4.C55H40N4/c1-5-16-41(17-6-1)43-28-33-49(34-29-43)61(50-35-30-44(31-36-50)42-18-7-2-8-19-42)51-25-15-24-47(38-51)48-32-37-57-53(39-48)52-26-13-14-27-56(52)62(57)58-59-54(45-20-9-3-10-21-45)40-55(60-58)46-22-11-4-12-23-46;1-55(2)48-34-40(27-30-44(48)45-31-29-43(35-49(45)55)58(41-21-11-5-12-22-41)42-23-13-6-14-24-42)39-28-32-52-47(33-39)46-25-15-16-26-51(46)59(52)53-36-50(37-17-7-3-8-18-37)56-54(57-53)38-19-9-4-10-20-38/h1-40H;3-36H,1-2H3.